The number of aliphatic hydroxyl groups is 1. The summed E-state index contributed by atoms with van der Waals surface area (Å²) in [6, 6.07) is 0. The molecule has 2 N–H and O–H groups in total. The van der Waals surface area contributed by atoms with E-state index in [0.29, 0.717) is 0 Å². The lowest BCUT2D eigenvalue weighted by atomic mass is 9.79. The Bertz CT molecular complexity index is 326. The summed E-state index contributed by atoms with van der Waals surface area (Å²) >= 11 is 0. The van der Waals surface area contributed by atoms with E-state index in [1.165, 1.54) is 0 Å². The van der Waals surface area contributed by atoms with Crippen LogP contribution in [0.25, 0.3) is 0 Å². The second kappa shape index (κ2) is 2.26. The van der Waals surface area contributed by atoms with Gasteiger partial charge in [0.05, 0.1) is 0 Å². The lowest BCUT2D eigenvalue weighted by molar-refractivity contribution is -0.151. The van der Waals surface area contributed by atoms with Gasteiger partial charge in [0.15, 0.2) is 6.10 Å². The maximum atomic E-state index is 11.3. The number of carbonyl (C=O) groups is 2. The third-order valence-electron chi connectivity index (χ3n) is 3.22. The fourth-order valence-corrected chi connectivity index (χ4v) is 2.64. The smallest absolute Gasteiger partial charge is 0.313 e. The number of aliphatic hydroxyl groups excluding tert-OH is 1. The average molecular weight is 200 g/mol. The molecule has 0 aromatic carbocycles. The number of carbonyl (C=O) groups excluding carboxylic acids is 1. The van der Waals surface area contributed by atoms with Crippen molar-refractivity contribution in [2.75, 3.05) is 0 Å². The molecule has 3 fully saturated rings. The number of ether oxygens (including phenoxy) is 2. The molecule has 2 bridgehead atoms. The molecule has 3 rings (SSSR count). The highest BCUT2D eigenvalue weighted by Crippen LogP contribution is 2.49. The molecule has 6 unspecified atom stereocenters. The zero-order chi connectivity index (χ0) is 10.0. The van der Waals surface area contributed by atoms with E-state index >= 15 is 0 Å². The predicted molar refractivity (Wildman–Crippen MR) is 39.2 cm³/mol. The van der Waals surface area contributed by atoms with Crippen molar-refractivity contribution in [3.8, 4) is 0 Å². The highest BCUT2D eigenvalue weighted by atomic mass is 16.6. The van der Waals surface area contributed by atoms with Crippen molar-refractivity contribution in [1.29, 1.82) is 0 Å². The minimum atomic E-state index is -1.11. The van der Waals surface area contributed by atoms with Crippen LogP contribution in [0, 0.1) is 11.8 Å². The van der Waals surface area contributed by atoms with Crippen LogP contribution in [-0.4, -0.2) is 46.6 Å². The summed E-state index contributed by atoms with van der Waals surface area (Å²) in [4.78, 5) is 22.1. The summed E-state index contributed by atoms with van der Waals surface area (Å²) in [6.45, 7) is 0. The molecule has 3 saturated heterocycles. The van der Waals surface area contributed by atoms with Gasteiger partial charge in [-0.15, -0.1) is 0 Å². The molecule has 0 aromatic rings. The Kier molecular flexibility index (Phi) is 1.32. The van der Waals surface area contributed by atoms with Crippen molar-refractivity contribution in [3.63, 3.8) is 0 Å². The normalized spacial score (nSPS) is 53.6. The van der Waals surface area contributed by atoms with E-state index in [4.69, 9.17) is 14.6 Å². The van der Waals surface area contributed by atoms with Crippen LogP contribution >= 0.6 is 0 Å². The zero-order valence-corrected chi connectivity index (χ0v) is 6.99. The van der Waals surface area contributed by atoms with Crippen molar-refractivity contribution in [3.05, 3.63) is 0 Å². The van der Waals surface area contributed by atoms with Gasteiger partial charge >= 0.3 is 11.9 Å². The maximum Gasteiger partial charge on any atom is 0.313 e. The Morgan fingerprint density at radius 1 is 1.29 bits per heavy atom. The quantitative estimate of drug-likeness (QED) is 0.494. The molecule has 6 atom stereocenters. The SMILES string of the molecule is O=C(O)C1C2OC3C(OC(=O)C31)C2O. The molecule has 0 amide bonds. The van der Waals surface area contributed by atoms with E-state index in [-0.39, 0.29) is 0 Å². The number of aliphatic carboxylic acids is 1. The molecular weight excluding hydrogens is 192 g/mol. The lowest BCUT2D eigenvalue weighted by Crippen LogP contribution is -2.45. The third-order valence-corrected chi connectivity index (χ3v) is 3.22. The van der Waals surface area contributed by atoms with Crippen LogP contribution in [0.1, 0.15) is 0 Å². The van der Waals surface area contributed by atoms with Crippen LogP contribution in [-0.2, 0) is 19.1 Å². The fraction of sp³-hybridized carbons (Fsp3) is 0.750. The van der Waals surface area contributed by atoms with Crippen molar-refractivity contribution in [2.45, 2.75) is 24.4 Å². The van der Waals surface area contributed by atoms with Crippen LogP contribution in [0.15, 0.2) is 0 Å². The van der Waals surface area contributed by atoms with Gasteiger partial charge in [-0.25, -0.2) is 0 Å². The second-order valence-electron chi connectivity index (χ2n) is 3.85. The molecule has 6 heteroatoms. The number of carboxylic acid groups (broad SMARTS) is 1. The van der Waals surface area contributed by atoms with Gasteiger partial charge in [0.25, 0.3) is 0 Å². The Morgan fingerprint density at radius 3 is 2.64 bits per heavy atom. The highest BCUT2D eigenvalue weighted by molar-refractivity contribution is 5.85. The predicted octanol–water partition coefficient (Wildman–Crippen LogP) is -1.63. The van der Waals surface area contributed by atoms with E-state index < -0.39 is 48.2 Å². The first-order valence-electron chi connectivity index (χ1n) is 4.38. The summed E-state index contributed by atoms with van der Waals surface area (Å²) < 4.78 is 10.1. The number of fused-ring (bicyclic) bond motifs is 1. The standard InChI is InChI=1S/C8H8O6/c9-3-4-1(7(10)11)2-5(13-4)6(3)14-8(2)12/h1-6,9H,(H,10,11). The lowest BCUT2D eigenvalue weighted by Gasteiger charge is -2.21. The monoisotopic (exact) mass is 200 g/mol. The summed E-state index contributed by atoms with van der Waals surface area (Å²) in [5.41, 5.74) is 0. The van der Waals surface area contributed by atoms with Crippen molar-refractivity contribution >= 4 is 11.9 Å². The van der Waals surface area contributed by atoms with Gasteiger partial charge in [0.1, 0.15) is 30.1 Å². The molecule has 0 aromatic heterocycles. The number of rotatable bonds is 1. The van der Waals surface area contributed by atoms with Crippen LogP contribution in [0.3, 0.4) is 0 Å². The first-order chi connectivity index (χ1) is 6.61. The topological polar surface area (TPSA) is 93.1 Å². The molecule has 3 aliphatic heterocycles. The molecule has 76 valence electrons. The van der Waals surface area contributed by atoms with Gasteiger partial charge < -0.3 is 19.7 Å². The van der Waals surface area contributed by atoms with E-state index in [9.17, 15) is 14.7 Å². The Balaban J connectivity index is 2.04. The molecule has 3 heterocycles. The van der Waals surface area contributed by atoms with E-state index in [1.54, 1.807) is 0 Å². The van der Waals surface area contributed by atoms with Gasteiger partial charge in [0, 0.05) is 0 Å². The minimum Gasteiger partial charge on any atom is -0.481 e. The largest absolute Gasteiger partial charge is 0.481 e. The molecule has 0 saturated carbocycles. The summed E-state index contributed by atoms with van der Waals surface area (Å²) in [6.07, 6.45) is -3.01. The van der Waals surface area contributed by atoms with Crippen LogP contribution in [0.4, 0.5) is 0 Å². The van der Waals surface area contributed by atoms with E-state index in [0.717, 1.165) is 0 Å². The molecule has 6 nitrogen and oxygen atoms in total. The molecule has 0 aliphatic carbocycles. The van der Waals surface area contributed by atoms with Crippen molar-refractivity contribution < 1.29 is 29.3 Å². The fourth-order valence-electron chi connectivity index (χ4n) is 2.64. The molecule has 0 radical (unpaired) electrons. The van der Waals surface area contributed by atoms with Crippen LogP contribution in [0.2, 0.25) is 0 Å². The number of esters is 1. The number of hydrogen-bond donors (Lipinski definition) is 2. The van der Waals surface area contributed by atoms with E-state index in [1.807, 2.05) is 0 Å². The Hall–Kier alpha value is -1.14. The maximum absolute atomic E-state index is 11.3. The van der Waals surface area contributed by atoms with E-state index in [2.05, 4.69) is 0 Å². The van der Waals surface area contributed by atoms with Crippen LogP contribution < -0.4 is 0 Å². The van der Waals surface area contributed by atoms with Gasteiger partial charge in [-0.05, 0) is 0 Å². The summed E-state index contributed by atoms with van der Waals surface area (Å²) in [5.74, 6) is -3.36. The first kappa shape index (κ1) is 8.19. The zero-order valence-electron chi connectivity index (χ0n) is 6.99. The number of hydrogen-bond acceptors (Lipinski definition) is 5. The molecule has 14 heavy (non-hydrogen) atoms. The second-order valence-corrected chi connectivity index (χ2v) is 3.85. The Morgan fingerprint density at radius 2 is 2.00 bits per heavy atom. The van der Waals surface area contributed by atoms with Gasteiger partial charge in [-0.1, -0.05) is 0 Å². The number of carboxylic acids is 1. The molecule has 0 spiro atoms. The average Bonchev–Trinajstić information content (AvgIpc) is 2.67. The third kappa shape index (κ3) is 0.699. The first-order valence-corrected chi connectivity index (χ1v) is 4.38. The molecular formula is C8H8O6. The van der Waals surface area contributed by atoms with Gasteiger partial charge in [-0.2, -0.15) is 0 Å². The van der Waals surface area contributed by atoms with Crippen LogP contribution in [0.5, 0.6) is 0 Å². The van der Waals surface area contributed by atoms with Gasteiger partial charge in [0.2, 0.25) is 0 Å². The summed E-state index contributed by atoms with van der Waals surface area (Å²) in [5, 5.41) is 18.5. The highest BCUT2D eigenvalue weighted by Gasteiger charge is 2.70. The van der Waals surface area contributed by atoms with Gasteiger partial charge in [-0.3, -0.25) is 9.59 Å². The Labute approximate surface area is 78.4 Å². The van der Waals surface area contributed by atoms with Crippen molar-refractivity contribution in [1.82, 2.24) is 0 Å². The minimum absolute atomic E-state index is 0.563. The summed E-state index contributed by atoms with van der Waals surface area (Å²) in [7, 11) is 0. The van der Waals surface area contributed by atoms with Crippen molar-refractivity contribution in [2.24, 2.45) is 11.8 Å². The molecule has 3 aliphatic rings.